The number of nitrogens with zero attached hydrogens (tertiary/aromatic N) is 3. The maximum Gasteiger partial charge on any atom is 0.0945 e. The van der Waals surface area contributed by atoms with Crippen LogP contribution in [0.1, 0.15) is 18.4 Å². The summed E-state index contributed by atoms with van der Waals surface area (Å²) in [6.07, 6.45) is 9.24. The van der Waals surface area contributed by atoms with Crippen LogP contribution in [0.2, 0.25) is 0 Å². The fourth-order valence-corrected chi connectivity index (χ4v) is 3.04. The molecule has 5 nitrogen and oxygen atoms in total. The van der Waals surface area contributed by atoms with Crippen LogP contribution >= 0.6 is 0 Å². The lowest BCUT2D eigenvalue weighted by atomic mass is 10.0. The first-order valence-electron chi connectivity index (χ1n) is 8.13. The zero-order chi connectivity index (χ0) is 15.2. The Labute approximate surface area is 132 Å². The van der Waals surface area contributed by atoms with E-state index >= 15 is 0 Å². The highest BCUT2D eigenvalue weighted by Crippen LogP contribution is 2.28. The van der Waals surface area contributed by atoms with E-state index in [1.807, 2.05) is 24.8 Å². The van der Waals surface area contributed by atoms with E-state index in [1.165, 1.54) is 24.1 Å². The van der Waals surface area contributed by atoms with E-state index in [2.05, 4.69) is 31.9 Å². The van der Waals surface area contributed by atoms with E-state index < -0.39 is 0 Å². The van der Waals surface area contributed by atoms with Crippen LogP contribution in [-0.2, 0) is 13.0 Å². The predicted octanol–water partition coefficient (Wildman–Crippen LogP) is 1.90. The van der Waals surface area contributed by atoms with Crippen molar-refractivity contribution in [3.63, 3.8) is 0 Å². The molecular weight excluding hydrogens is 274 g/mol. The molecule has 5 heteroatoms. The van der Waals surface area contributed by atoms with Crippen molar-refractivity contribution in [2.45, 2.75) is 25.8 Å². The Kier molecular flexibility index (Phi) is 4.96. The maximum atomic E-state index is 5.94. The number of benzene rings is 1. The second-order valence-corrected chi connectivity index (χ2v) is 5.88. The van der Waals surface area contributed by atoms with Gasteiger partial charge in [-0.3, -0.25) is 0 Å². The van der Waals surface area contributed by atoms with Crippen molar-refractivity contribution in [3.05, 3.63) is 42.5 Å². The molecule has 0 saturated carbocycles. The Morgan fingerprint density at radius 3 is 3.05 bits per heavy atom. The van der Waals surface area contributed by atoms with Gasteiger partial charge in [-0.25, -0.2) is 4.98 Å². The van der Waals surface area contributed by atoms with E-state index in [-0.39, 0.29) is 0 Å². The summed E-state index contributed by atoms with van der Waals surface area (Å²) in [6, 6.07) is 6.31. The second-order valence-electron chi connectivity index (χ2n) is 5.88. The average Bonchev–Trinajstić information content (AvgIpc) is 3.04. The molecule has 1 aliphatic heterocycles. The first-order valence-corrected chi connectivity index (χ1v) is 8.13. The van der Waals surface area contributed by atoms with Crippen molar-refractivity contribution in [2.24, 2.45) is 0 Å². The second kappa shape index (κ2) is 7.31. The summed E-state index contributed by atoms with van der Waals surface area (Å²) in [5.74, 6) is 0. The molecule has 0 spiro atoms. The molecule has 1 aromatic carbocycles. The van der Waals surface area contributed by atoms with Crippen molar-refractivity contribution < 1.29 is 0 Å². The van der Waals surface area contributed by atoms with Gasteiger partial charge in [0, 0.05) is 49.9 Å². The Bertz CT molecular complexity index is 579. The summed E-state index contributed by atoms with van der Waals surface area (Å²) >= 11 is 0. The summed E-state index contributed by atoms with van der Waals surface area (Å²) in [5.41, 5.74) is 9.55. The third kappa shape index (κ3) is 3.80. The van der Waals surface area contributed by atoms with Gasteiger partial charge in [0.1, 0.15) is 0 Å². The molecule has 0 radical (unpaired) electrons. The highest BCUT2D eigenvalue weighted by Gasteiger charge is 2.16. The number of aryl methyl sites for hydroxylation is 2. The number of hydrogen-bond donors (Lipinski definition) is 2. The summed E-state index contributed by atoms with van der Waals surface area (Å²) < 4.78 is 2.12. The van der Waals surface area contributed by atoms with E-state index in [9.17, 15) is 0 Å². The number of hydrogen-bond acceptors (Lipinski definition) is 4. The molecule has 22 heavy (non-hydrogen) atoms. The first kappa shape index (κ1) is 14.9. The molecule has 3 rings (SSSR count). The quantitative estimate of drug-likeness (QED) is 0.605. The van der Waals surface area contributed by atoms with Gasteiger partial charge < -0.3 is 20.5 Å². The Morgan fingerprint density at radius 2 is 2.18 bits per heavy atom. The number of rotatable bonds is 7. The van der Waals surface area contributed by atoms with E-state index in [0.717, 1.165) is 44.8 Å². The van der Waals surface area contributed by atoms with E-state index in [1.54, 1.807) is 0 Å². The van der Waals surface area contributed by atoms with Crippen LogP contribution in [0.5, 0.6) is 0 Å². The van der Waals surface area contributed by atoms with Crippen molar-refractivity contribution in [1.29, 1.82) is 0 Å². The van der Waals surface area contributed by atoms with Crippen LogP contribution in [0.15, 0.2) is 36.9 Å². The van der Waals surface area contributed by atoms with Crippen LogP contribution < -0.4 is 16.0 Å². The molecule has 0 aliphatic carbocycles. The van der Waals surface area contributed by atoms with Crippen molar-refractivity contribution in [2.75, 3.05) is 36.8 Å². The van der Waals surface area contributed by atoms with Gasteiger partial charge in [0.15, 0.2) is 0 Å². The lowest BCUT2D eigenvalue weighted by molar-refractivity contribution is 0.571. The standard InChI is InChI=1S/C17H25N5/c18-16-5-4-15-3-1-10-22(17(15)13-16)12-8-19-6-2-9-21-11-7-20-14-21/h4-5,7,11,13-14,19H,1-3,6,8-10,12,18H2. The molecule has 0 atom stereocenters. The SMILES string of the molecule is Nc1ccc2c(c1)N(CCNCCCn1ccnc1)CCC2. The molecule has 0 amide bonds. The summed E-state index contributed by atoms with van der Waals surface area (Å²) in [4.78, 5) is 6.51. The Hall–Kier alpha value is -2.01. The van der Waals surface area contributed by atoms with Gasteiger partial charge >= 0.3 is 0 Å². The summed E-state index contributed by atoms with van der Waals surface area (Å²) in [7, 11) is 0. The number of nitrogens with two attached hydrogens (primary N) is 1. The number of anilines is 2. The molecule has 1 aromatic heterocycles. The zero-order valence-corrected chi connectivity index (χ0v) is 13.0. The van der Waals surface area contributed by atoms with Gasteiger partial charge in [0.25, 0.3) is 0 Å². The number of aromatic nitrogens is 2. The van der Waals surface area contributed by atoms with Gasteiger partial charge in [-0.05, 0) is 43.5 Å². The monoisotopic (exact) mass is 299 g/mol. The largest absolute Gasteiger partial charge is 0.399 e. The first-order chi connectivity index (χ1) is 10.8. The molecule has 0 unspecified atom stereocenters. The van der Waals surface area contributed by atoms with Crippen molar-refractivity contribution in [3.8, 4) is 0 Å². The average molecular weight is 299 g/mol. The highest BCUT2D eigenvalue weighted by atomic mass is 15.1. The number of imidazole rings is 1. The Balaban J connectivity index is 1.40. The highest BCUT2D eigenvalue weighted by molar-refractivity contribution is 5.62. The molecule has 2 heterocycles. The molecule has 0 saturated heterocycles. The number of nitrogens with one attached hydrogen (secondary N) is 1. The smallest absolute Gasteiger partial charge is 0.0945 e. The van der Waals surface area contributed by atoms with Crippen LogP contribution in [-0.4, -0.2) is 35.7 Å². The molecule has 2 aromatic rings. The topological polar surface area (TPSA) is 59.1 Å². The molecule has 1 aliphatic rings. The van der Waals surface area contributed by atoms with Crippen LogP contribution in [0.3, 0.4) is 0 Å². The van der Waals surface area contributed by atoms with Gasteiger partial charge in [0.05, 0.1) is 6.33 Å². The minimum Gasteiger partial charge on any atom is -0.399 e. The minimum atomic E-state index is 0.860. The molecular formula is C17H25N5. The van der Waals surface area contributed by atoms with Gasteiger partial charge in [-0.1, -0.05) is 6.07 Å². The fraction of sp³-hybridized carbons (Fsp3) is 0.471. The number of fused-ring (bicyclic) bond motifs is 1. The maximum absolute atomic E-state index is 5.94. The lowest BCUT2D eigenvalue weighted by Crippen LogP contribution is -2.36. The van der Waals surface area contributed by atoms with Crippen molar-refractivity contribution in [1.82, 2.24) is 14.9 Å². The summed E-state index contributed by atoms with van der Waals surface area (Å²) in [6.45, 7) is 5.25. The van der Waals surface area contributed by atoms with Crippen LogP contribution in [0.25, 0.3) is 0 Å². The van der Waals surface area contributed by atoms with Crippen LogP contribution in [0.4, 0.5) is 11.4 Å². The molecule has 118 valence electrons. The van der Waals surface area contributed by atoms with Gasteiger partial charge in [-0.2, -0.15) is 0 Å². The normalized spacial score (nSPS) is 14.1. The summed E-state index contributed by atoms with van der Waals surface area (Å²) in [5, 5.41) is 3.53. The van der Waals surface area contributed by atoms with E-state index in [4.69, 9.17) is 5.73 Å². The number of nitrogen functional groups attached to an aromatic ring is 1. The third-order valence-electron chi connectivity index (χ3n) is 4.21. The molecule has 0 fully saturated rings. The molecule has 0 bridgehead atoms. The predicted molar refractivity (Wildman–Crippen MR) is 91.1 cm³/mol. The van der Waals surface area contributed by atoms with Gasteiger partial charge in [0.2, 0.25) is 0 Å². The minimum absolute atomic E-state index is 0.860. The van der Waals surface area contributed by atoms with E-state index in [0.29, 0.717) is 0 Å². The molecule has 3 N–H and O–H groups in total. The van der Waals surface area contributed by atoms with Crippen LogP contribution in [0, 0.1) is 0 Å². The Morgan fingerprint density at radius 1 is 1.23 bits per heavy atom. The zero-order valence-electron chi connectivity index (χ0n) is 13.0. The third-order valence-corrected chi connectivity index (χ3v) is 4.21. The van der Waals surface area contributed by atoms with Gasteiger partial charge in [-0.15, -0.1) is 0 Å². The fourth-order valence-electron chi connectivity index (χ4n) is 3.04. The lowest BCUT2D eigenvalue weighted by Gasteiger charge is -2.31. The van der Waals surface area contributed by atoms with Crippen molar-refractivity contribution >= 4 is 11.4 Å².